The van der Waals surface area contributed by atoms with Crippen LogP contribution in [0.25, 0.3) is 0 Å². The number of allylic oxidation sites excluding steroid dienone is 2. The summed E-state index contributed by atoms with van der Waals surface area (Å²) in [5.74, 6) is 0.885. The second-order valence-corrected chi connectivity index (χ2v) is 4.74. The van der Waals surface area contributed by atoms with Crippen LogP contribution >= 0.6 is 0 Å². The lowest BCUT2D eigenvalue weighted by atomic mass is 9.80. The molecule has 0 heterocycles. The Kier molecular flexibility index (Phi) is 3.73. The highest BCUT2D eigenvalue weighted by molar-refractivity contribution is 5.79. The van der Waals surface area contributed by atoms with E-state index in [-0.39, 0.29) is 17.9 Å². The van der Waals surface area contributed by atoms with Gasteiger partial charge in [0.15, 0.2) is 0 Å². The van der Waals surface area contributed by atoms with Crippen molar-refractivity contribution in [3.63, 3.8) is 0 Å². The maximum Gasteiger partial charge on any atom is 0.223 e. The Bertz CT molecular complexity index is 243. The van der Waals surface area contributed by atoms with Crippen LogP contribution in [0.2, 0.25) is 0 Å². The highest BCUT2D eigenvalue weighted by Crippen LogP contribution is 2.29. The third-order valence-corrected chi connectivity index (χ3v) is 2.82. The van der Waals surface area contributed by atoms with Gasteiger partial charge in [-0.1, -0.05) is 18.6 Å². The fourth-order valence-electron chi connectivity index (χ4n) is 2.05. The lowest BCUT2D eigenvalue weighted by Gasteiger charge is -2.27. The molecule has 1 rings (SSSR count). The van der Waals surface area contributed by atoms with Gasteiger partial charge < -0.3 is 5.32 Å². The molecule has 2 heteroatoms. The SMILES string of the molecule is CC1=CC[C@@H](C(=O)NC(C)C)[C@H](C)C1. The first-order valence-corrected chi connectivity index (χ1v) is 5.46. The smallest absolute Gasteiger partial charge is 0.223 e. The molecule has 1 aliphatic rings. The molecular weight excluding hydrogens is 174 g/mol. The Morgan fingerprint density at radius 1 is 1.57 bits per heavy atom. The Labute approximate surface area is 86.8 Å². The van der Waals surface area contributed by atoms with E-state index in [1.807, 2.05) is 13.8 Å². The summed E-state index contributed by atoms with van der Waals surface area (Å²) in [5, 5.41) is 2.99. The molecule has 1 N–H and O–H groups in total. The summed E-state index contributed by atoms with van der Waals surface area (Å²) < 4.78 is 0. The molecule has 0 aromatic rings. The van der Waals surface area contributed by atoms with E-state index in [0.29, 0.717) is 5.92 Å². The van der Waals surface area contributed by atoms with Gasteiger partial charge in [0.05, 0.1) is 0 Å². The summed E-state index contributed by atoms with van der Waals surface area (Å²) in [5.41, 5.74) is 1.42. The number of carbonyl (C=O) groups is 1. The predicted octanol–water partition coefficient (Wildman–Crippen LogP) is 2.50. The number of hydrogen-bond donors (Lipinski definition) is 1. The average Bonchev–Trinajstić information content (AvgIpc) is 2.01. The Hall–Kier alpha value is -0.790. The van der Waals surface area contributed by atoms with Gasteiger partial charge in [-0.25, -0.2) is 0 Å². The summed E-state index contributed by atoms with van der Waals surface area (Å²) in [6.07, 6.45) is 4.17. The van der Waals surface area contributed by atoms with Crippen molar-refractivity contribution >= 4 is 5.91 Å². The van der Waals surface area contributed by atoms with Gasteiger partial charge >= 0.3 is 0 Å². The monoisotopic (exact) mass is 195 g/mol. The summed E-state index contributed by atoms with van der Waals surface area (Å²) in [6, 6.07) is 0.252. The molecule has 0 fully saturated rings. The van der Waals surface area contributed by atoms with Gasteiger partial charge in [-0.15, -0.1) is 0 Å². The van der Waals surface area contributed by atoms with Crippen LogP contribution in [0.1, 0.15) is 40.5 Å². The molecule has 0 aliphatic heterocycles. The molecular formula is C12H21NO. The fraction of sp³-hybridized carbons (Fsp3) is 0.750. The van der Waals surface area contributed by atoms with Crippen molar-refractivity contribution in [2.45, 2.75) is 46.6 Å². The Morgan fingerprint density at radius 3 is 2.71 bits per heavy atom. The summed E-state index contributed by atoms with van der Waals surface area (Å²) in [7, 11) is 0. The van der Waals surface area contributed by atoms with Crippen LogP contribution in [0.4, 0.5) is 0 Å². The van der Waals surface area contributed by atoms with Gasteiger partial charge in [-0.3, -0.25) is 4.79 Å². The topological polar surface area (TPSA) is 29.1 Å². The molecule has 0 radical (unpaired) electrons. The van der Waals surface area contributed by atoms with Crippen LogP contribution in [0.3, 0.4) is 0 Å². The molecule has 0 unspecified atom stereocenters. The van der Waals surface area contributed by atoms with E-state index >= 15 is 0 Å². The van der Waals surface area contributed by atoms with Crippen molar-refractivity contribution in [3.05, 3.63) is 11.6 Å². The first-order chi connectivity index (χ1) is 6.50. The van der Waals surface area contributed by atoms with E-state index < -0.39 is 0 Å². The molecule has 1 amide bonds. The first kappa shape index (κ1) is 11.3. The van der Waals surface area contributed by atoms with E-state index in [4.69, 9.17) is 0 Å². The Morgan fingerprint density at radius 2 is 2.21 bits per heavy atom. The Balaban J connectivity index is 2.56. The minimum Gasteiger partial charge on any atom is -0.354 e. The van der Waals surface area contributed by atoms with Crippen LogP contribution in [0.5, 0.6) is 0 Å². The molecule has 2 atom stereocenters. The van der Waals surface area contributed by atoms with Crippen molar-refractivity contribution in [1.29, 1.82) is 0 Å². The van der Waals surface area contributed by atoms with Crippen molar-refractivity contribution in [3.8, 4) is 0 Å². The van der Waals surface area contributed by atoms with Gasteiger partial charge in [0.25, 0.3) is 0 Å². The van der Waals surface area contributed by atoms with Crippen LogP contribution in [-0.4, -0.2) is 11.9 Å². The number of amides is 1. The number of hydrogen-bond acceptors (Lipinski definition) is 1. The molecule has 1 aliphatic carbocycles. The maximum atomic E-state index is 11.8. The predicted molar refractivity (Wildman–Crippen MR) is 58.9 cm³/mol. The maximum absolute atomic E-state index is 11.8. The van der Waals surface area contributed by atoms with Gasteiger partial charge in [0.2, 0.25) is 5.91 Å². The molecule has 0 aromatic carbocycles. The zero-order chi connectivity index (χ0) is 10.7. The second-order valence-electron chi connectivity index (χ2n) is 4.74. The molecule has 0 bridgehead atoms. The fourth-order valence-corrected chi connectivity index (χ4v) is 2.05. The summed E-state index contributed by atoms with van der Waals surface area (Å²) in [4.78, 5) is 11.8. The minimum absolute atomic E-state index is 0.182. The van der Waals surface area contributed by atoms with Gasteiger partial charge in [-0.2, -0.15) is 0 Å². The van der Waals surface area contributed by atoms with E-state index in [9.17, 15) is 4.79 Å². The normalized spacial score (nSPS) is 27.4. The van der Waals surface area contributed by atoms with E-state index in [2.05, 4.69) is 25.2 Å². The van der Waals surface area contributed by atoms with E-state index in [1.54, 1.807) is 0 Å². The number of rotatable bonds is 2. The van der Waals surface area contributed by atoms with Gasteiger partial charge in [-0.05, 0) is 39.5 Å². The third-order valence-electron chi connectivity index (χ3n) is 2.82. The molecule has 0 aromatic heterocycles. The standard InChI is InChI=1S/C12H21NO/c1-8(2)13-12(14)11-6-5-9(3)7-10(11)4/h5,8,10-11H,6-7H2,1-4H3,(H,13,14)/t10-,11-/m1/s1. The lowest BCUT2D eigenvalue weighted by Crippen LogP contribution is -2.38. The van der Waals surface area contributed by atoms with Crippen molar-refractivity contribution in [1.82, 2.24) is 5.32 Å². The molecule has 0 saturated carbocycles. The minimum atomic E-state index is 0.182. The largest absolute Gasteiger partial charge is 0.354 e. The highest BCUT2D eigenvalue weighted by Gasteiger charge is 2.27. The zero-order valence-corrected chi connectivity index (χ0v) is 9.63. The zero-order valence-electron chi connectivity index (χ0n) is 9.63. The highest BCUT2D eigenvalue weighted by atomic mass is 16.1. The van der Waals surface area contributed by atoms with Crippen LogP contribution < -0.4 is 5.32 Å². The van der Waals surface area contributed by atoms with Crippen molar-refractivity contribution in [2.24, 2.45) is 11.8 Å². The summed E-state index contributed by atoms with van der Waals surface area (Å²) >= 11 is 0. The van der Waals surface area contributed by atoms with Gasteiger partial charge in [0.1, 0.15) is 0 Å². The van der Waals surface area contributed by atoms with Gasteiger partial charge in [0, 0.05) is 12.0 Å². The molecule has 0 saturated heterocycles. The van der Waals surface area contributed by atoms with Crippen LogP contribution in [0.15, 0.2) is 11.6 Å². The molecule has 2 nitrogen and oxygen atoms in total. The quantitative estimate of drug-likeness (QED) is 0.674. The summed E-state index contributed by atoms with van der Waals surface area (Å²) in [6.45, 7) is 8.33. The first-order valence-electron chi connectivity index (χ1n) is 5.46. The van der Waals surface area contributed by atoms with E-state index in [0.717, 1.165) is 12.8 Å². The van der Waals surface area contributed by atoms with E-state index in [1.165, 1.54) is 5.57 Å². The van der Waals surface area contributed by atoms with Crippen molar-refractivity contribution < 1.29 is 4.79 Å². The molecule has 14 heavy (non-hydrogen) atoms. The van der Waals surface area contributed by atoms with Crippen LogP contribution in [-0.2, 0) is 4.79 Å². The molecule has 0 spiro atoms. The number of carbonyl (C=O) groups excluding carboxylic acids is 1. The number of nitrogens with one attached hydrogen (secondary N) is 1. The van der Waals surface area contributed by atoms with Crippen molar-refractivity contribution in [2.75, 3.05) is 0 Å². The average molecular weight is 195 g/mol. The van der Waals surface area contributed by atoms with Crippen LogP contribution in [0, 0.1) is 11.8 Å². The second kappa shape index (κ2) is 4.63. The molecule has 80 valence electrons. The third kappa shape index (κ3) is 2.86. The lowest BCUT2D eigenvalue weighted by molar-refractivity contribution is -0.127.